The summed E-state index contributed by atoms with van der Waals surface area (Å²) in [6, 6.07) is 0. The quantitative estimate of drug-likeness (QED) is 0.452. The number of hydrazine groups is 1. The molecule has 0 aromatic rings. The molecule has 0 N–H and O–H groups in total. The Morgan fingerprint density at radius 3 is 3.00 bits per heavy atom. The maximum atomic E-state index is 3.96. The van der Waals surface area contributed by atoms with Crippen LogP contribution in [0.3, 0.4) is 0 Å². The second kappa shape index (κ2) is 1.51. The first-order chi connectivity index (χ1) is 4.47. The molecule has 0 saturated carbocycles. The van der Waals surface area contributed by atoms with E-state index < -0.39 is 0 Å². The second-order valence-corrected chi connectivity index (χ2v) is 1.66. The van der Waals surface area contributed by atoms with Crippen LogP contribution in [0.2, 0.25) is 0 Å². The highest BCUT2D eigenvalue weighted by molar-refractivity contribution is 5.71. The molecular formula is C5H5N4. The van der Waals surface area contributed by atoms with Gasteiger partial charge in [0.25, 0.3) is 0 Å². The Bertz CT molecular complexity index is 193. The fourth-order valence-corrected chi connectivity index (χ4v) is 0.699. The van der Waals surface area contributed by atoms with Crippen molar-refractivity contribution in [1.29, 1.82) is 0 Å². The summed E-state index contributed by atoms with van der Waals surface area (Å²) in [5, 5.41) is 7.24. The van der Waals surface area contributed by atoms with Crippen molar-refractivity contribution in [3.8, 4) is 0 Å². The molecule has 0 amide bonds. The third kappa shape index (κ3) is 0.561. The highest BCUT2D eigenvalue weighted by Gasteiger charge is 2.12. The number of allylic oxidation sites excluding steroid dienone is 1. The molecule has 1 radical (unpaired) electrons. The predicted molar refractivity (Wildman–Crippen MR) is 32.6 cm³/mol. The van der Waals surface area contributed by atoms with Crippen molar-refractivity contribution in [3.05, 3.63) is 24.7 Å². The minimum atomic E-state index is 1.64. The number of nitrogens with zero attached hydrogens (tertiary/aromatic N) is 4. The lowest BCUT2D eigenvalue weighted by Gasteiger charge is -2.21. The van der Waals surface area contributed by atoms with Gasteiger partial charge in [-0.25, -0.2) is 0 Å². The van der Waals surface area contributed by atoms with Crippen LogP contribution in [0.4, 0.5) is 0 Å². The van der Waals surface area contributed by atoms with E-state index in [0.29, 0.717) is 0 Å². The highest BCUT2D eigenvalue weighted by atomic mass is 15.9. The molecule has 0 aromatic carbocycles. The van der Waals surface area contributed by atoms with Crippen LogP contribution in [-0.4, -0.2) is 16.5 Å². The molecule has 0 bridgehead atoms. The Kier molecular flexibility index (Phi) is 0.745. The van der Waals surface area contributed by atoms with Crippen molar-refractivity contribution in [1.82, 2.24) is 15.7 Å². The summed E-state index contributed by atoms with van der Waals surface area (Å²) in [6.45, 7) is 0. The summed E-state index contributed by atoms with van der Waals surface area (Å²) in [4.78, 5) is 0. The summed E-state index contributed by atoms with van der Waals surface area (Å²) < 4.78 is 0. The van der Waals surface area contributed by atoms with Gasteiger partial charge in [-0.2, -0.15) is 20.8 Å². The van der Waals surface area contributed by atoms with Gasteiger partial charge in [0.1, 0.15) is 0 Å². The third-order valence-electron chi connectivity index (χ3n) is 1.09. The zero-order valence-electron chi connectivity index (χ0n) is 4.68. The number of hydrogen-bond acceptors (Lipinski definition) is 3. The second-order valence-electron chi connectivity index (χ2n) is 1.66. The van der Waals surface area contributed by atoms with Crippen LogP contribution in [0, 0.1) is 0 Å². The average molecular weight is 121 g/mol. The lowest BCUT2D eigenvalue weighted by atomic mass is 10.6. The zero-order valence-corrected chi connectivity index (χ0v) is 4.68. The monoisotopic (exact) mass is 121 g/mol. The van der Waals surface area contributed by atoms with Gasteiger partial charge in [-0.3, -0.25) is 0 Å². The van der Waals surface area contributed by atoms with Crippen LogP contribution in [0.25, 0.3) is 0 Å². The van der Waals surface area contributed by atoms with E-state index in [0.717, 1.165) is 0 Å². The molecule has 2 rings (SSSR count). The largest absolute Gasteiger partial charge is 0.159 e. The topological polar surface area (TPSA) is 32.9 Å². The first kappa shape index (κ1) is 4.43. The van der Waals surface area contributed by atoms with Gasteiger partial charge in [0.05, 0.1) is 24.8 Å². The molecular weight excluding hydrogens is 116 g/mol. The Labute approximate surface area is 52.7 Å². The predicted octanol–water partition coefficient (Wildman–Crippen LogP) is 0.0227. The molecule has 0 spiro atoms. The molecule has 4 heteroatoms. The van der Waals surface area contributed by atoms with Crippen molar-refractivity contribution >= 4 is 6.21 Å². The molecule has 0 fully saturated rings. The minimum Gasteiger partial charge on any atom is -0.159 e. The summed E-state index contributed by atoms with van der Waals surface area (Å²) in [5.74, 6) is 0. The summed E-state index contributed by atoms with van der Waals surface area (Å²) >= 11 is 0. The Morgan fingerprint density at radius 2 is 2.11 bits per heavy atom. The van der Waals surface area contributed by atoms with E-state index in [4.69, 9.17) is 0 Å². The first-order valence-electron chi connectivity index (χ1n) is 2.63. The van der Waals surface area contributed by atoms with Gasteiger partial charge in [-0.15, -0.1) is 0 Å². The molecule has 0 unspecified atom stereocenters. The van der Waals surface area contributed by atoms with Crippen LogP contribution in [0.15, 0.2) is 29.8 Å². The van der Waals surface area contributed by atoms with Crippen LogP contribution in [0.5, 0.6) is 0 Å². The van der Waals surface area contributed by atoms with E-state index in [-0.39, 0.29) is 0 Å². The van der Waals surface area contributed by atoms with Crippen molar-refractivity contribution < 1.29 is 0 Å². The first-order valence-corrected chi connectivity index (χ1v) is 2.63. The lowest BCUT2D eigenvalue weighted by molar-refractivity contribution is 0.0615. The standard InChI is InChI=1S/C5H5N4/c1-2-6-9-5-3-7-8(9)4-1/h1-5H. The van der Waals surface area contributed by atoms with E-state index in [1.807, 2.05) is 12.3 Å². The molecule has 2 heterocycles. The summed E-state index contributed by atoms with van der Waals surface area (Å²) in [5.41, 5.74) is 3.94. The zero-order chi connectivity index (χ0) is 6.10. The number of hydrogen-bond donors (Lipinski definition) is 0. The number of rotatable bonds is 0. The molecule has 2 aliphatic heterocycles. The summed E-state index contributed by atoms with van der Waals surface area (Å²) in [7, 11) is 0. The molecule has 0 aliphatic carbocycles. The van der Waals surface area contributed by atoms with Gasteiger partial charge in [0.15, 0.2) is 0 Å². The van der Waals surface area contributed by atoms with Gasteiger partial charge in [0.2, 0.25) is 0 Å². The third-order valence-corrected chi connectivity index (χ3v) is 1.09. The lowest BCUT2D eigenvalue weighted by Crippen LogP contribution is -2.31. The van der Waals surface area contributed by atoms with Gasteiger partial charge >= 0.3 is 0 Å². The maximum Gasteiger partial charge on any atom is 0.0697 e. The average Bonchev–Trinajstić information content (AvgIpc) is 2.33. The molecule has 45 valence electrons. The number of hydrazone groups is 1. The van der Waals surface area contributed by atoms with Crippen LogP contribution in [-0.2, 0) is 0 Å². The minimum absolute atomic E-state index is 1.64. The van der Waals surface area contributed by atoms with Gasteiger partial charge in [-0.1, -0.05) is 0 Å². The van der Waals surface area contributed by atoms with Crippen LogP contribution >= 0.6 is 0 Å². The van der Waals surface area contributed by atoms with Crippen molar-refractivity contribution in [3.63, 3.8) is 0 Å². The summed E-state index contributed by atoms with van der Waals surface area (Å²) in [6.07, 6.45) is 8.83. The number of fused-ring (bicyclic) bond motifs is 1. The van der Waals surface area contributed by atoms with Crippen LogP contribution in [0.1, 0.15) is 0 Å². The molecule has 9 heavy (non-hydrogen) atoms. The Hall–Kier alpha value is -1.45. The van der Waals surface area contributed by atoms with E-state index in [1.54, 1.807) is 28.9 Å². The molecule has 0 atom stereocenters. The van der Waals surface area contributed by atoms with E-state index >= 15 is 0 Å². The van der Waals surface area contributed by atoms with E-state index in [1.165, 1.54) is 0 Å². The smallest absolute Gasteiger partial charge is 0.0697 e. The van der Waals surface area contributed by atoms with Crippen molar-refractivity contribution in [2.24, 2.45) is 5.10 Å². The van der Waals surface area contributed by atoms with Crippen molar-refractivity contribution in [2.45, 2.75) is 0 Å². The van der Waals surface area contributed by atoms with Gasteiger partial charge in [-0.05, 0) is 6.08 Å². The maximum absolute atomic E-state index is 3.96. The van der Waals surface area contributed by atoms with Gasteiger partial charge < -0.3 is 0 Å². The van der Waals surface area contributed by atoms with Crippen molar-refractivity contribution in [2.75, 3.05) is 0 Å². The molecule has 4 nitrogen and oxygen atoms in total. The Morgan fingerprint density at radius 1 is 1.11 bits per heavy atom. The molecule has 0 saturated heterocycles. The normalized spacial score (nSPS) is 20.4. The fourth-order valence-electron chi connectivity index (χ4n) is 0.699. The van der Waals surface area contributed by atoms with Gasteiger partial charge in [0, 0.05) is 0 Å². The van der Waals surface area contributed by atoms with Crippen LogP contribution < -0.4 is 5.43 Å². The van der Waals surface area contributed by atoms with E-state index in [2.05, 4.69) is 10.5 Å². The molecule has 0 aromatic heterocycles. The Balaban J connectivity index is 2.25. The fraction of sp³-hybridized carbons (Fsp3) is 0. The van der Waals surface area contributed by atoms with E-state index in [9.17, 15) is 0 Å². The molecule has 2 aliphatic rings. The SMILES string of the molecule is C1=CN2[N]C=CN2N=C1. The highest BCUT2D eigenvalue weighted by Crippen LogP contribution is 2.07.